The van der Waals surface area contributed by atoms with E-state index < -0.39 is 0 Å². The van der Waals surface area contributed by atoms with Crippen LogP contribution < -0.4 is 5.32 Å². The molecule has 2 N–H and O–H groups in total. The van der Waals surface area contributed by atoms with Crippen molar-refractivity contribution in [1.82, 2.24) is 10.2 Å². The first kappa shape index (κ1) is 12.9. The van der Waals surface area contributed by atoms with E-state index in [4.69, 9.17) is 0 Å². The lowest BCUT2D eigenvalue weighted by Gasteiger charge is -2.16. The molecule has 98 valence electrons. The molecular formula is C14H20N2O2. The maximum atomic E-state index is 11.9. The van der Waals surface area contributed by atoms with Crippen LogP contribution in [0.2, 0.25) is 0 Å². The second-order valence-electron chi connectivity index (χ2n) is 4.92. The Morgan fingerprint density at radius 3 is 2.89 bits per heavy atom. The third-order valence-corrected chi connectivity index (χ3v) is 3.47. The van der Waals surface area contributed by atoms with Crippen molar-refractivity contribution in [2.24, 2.45) is 0 Å². The van der Waals surface area contributed by atoms with Crippen LogP contribution in [0.25, 0.3) is 0 Å². The van der Waals surface area contributed by atoms with Crippen LogP contribution in [-0.4, -0.2) is 42.1 Å². The molecule has 1 aromatic rings. The highest BCUT2D eigenvalue weighted by Crippen LogP contribution is 2.24. The molecule has 1 amide bonds. The Balaban J connectivity index is 1.85. The zero-order chi connectivity index (χ0) is 13.1. The molecule has 0 aliphatic heterocycles. The van der Waals surface area contributed by atoms with Crippen molar-refractivity contribution >= 4 is 5.91 Å². The van der Waals surface area contributed by atoms with Crippen LogP contribution in [-0.2, 0) is 0 Å². The van der Waals surface area contributed by atoms with E-state index in [0.29, 0.717) is 23.7 Å². The summed E-state index contributed by atoms with van der Waals surface area (Å²) in [6, 6.07) is 5.72. The molecule has 1 aromatic carbocycles. The van der Waals surface area contributed by atoms with Crippen molar-refractivity contribution in [2.75, 3.05) is 20.1 Å². The summed E-state index contributed by atoms with van der Waals surface area (Å²) < 4.78 is 0. The maximum absolute atomic E-state index is 11.9. The standard InChI is InChI=1S/C14H20N2O2/c1-10-12(4-3-5-13(10)17)14(18)15-8-9-16(2)11-6-7-11/h3-5,11,17H,6-9H2,1-2H3,(H,15,18). The van der Waals surface area contributed by atoms with Crippen LogP contribution in [0.1, 0.15) is 28.8 Å². The first-order chi connectivity index (χ1) is 8.59. The van der Waals surface area contributed by atoms with Gasteiger partial charge in [-0.15, -0.1) is 0 Å². The predicted octanol–water partition coefficient (Wildman–Crippen LogP) is 1.52. The van der Waals surface area contributed by atoms with E-state index in [-0.39, 0.29) is 11.7 Å². The summed E-state index contributed by atoms with van der Waals surface area (Å²) in [6.07, 6.45) is 2.55. The topological polar surface area (TPSA) is 52.6 Å². The van der Waals surface area contributed by atoms with Gasteiger partial charge < -0.3 is 15.3 Å². The van der Waals surface area contributed by atoms with Gasteiger partial charge in [0.2, 0.25) is 0 Å². The number of carbonyl (C=O) groups is 1. The number of carbonyl (C=O) groups excluding carboxylic acids is 1. The highest BCUT2D eigenvalue weighted by Gasteiger charge is 2.25. The molecule has 4 nitrogen and oxygen atoms in total. The van der Waals surface area contributed by atoms with Gasteiger partial charge in [0.15, 0.2) is 0 Å². The lowest BCUT2D eigenvalue weighted by Crippen LogP contribution is -2.34. The van der Waals surface area contributed by atoms with Crippen molar-refractivity contribution < 1.29 is 9.90 Å². The highest BCUT2D eigenvalue weighted by atomic mass is 16.3. The van der Waals surface area contributed by atoms with Gasteiger partial charge in [-0.25, -0.2) is 0 Å². The van der Waals surface area contributed by atoms with E-state index in [1.54, 1.807) is 25.1 Å². The number of hydrogen-bond donors (Lipinski definition) is 2. The maximum Gasteiger partial charge on any atom is 0.251 e. The van der Waals surface area contributed by atoms with Gasteiger partial charge in [0.05, 0.1) is 0 Å². The van der Waals surface area contributed by atoms with Gasteiger partial charge in [-0.05, 0) is 38.9 Å². The number of phenolic OH excluding ortho intramolecular Hbond substituents is 1. The van der Waals surface area contributed by atoms with E-state index in [1.807, 2.05) is 0 Å². The number of likely N-dealkylation sites (N-methyl/N-ethyl adjacent to an activating group) is 1. The molecule has 1 fully saturated rings. The second kappa shape index (κ2) is 5.40. The van der Waals surface area contributed by atoms with Crippen LogP contribution >= 0.6 is 0 Å². The van der Waals surface area contributed by atoms with Crippen molar-refractivity contribution in [3.8, 4) is 5.75 Å². The van der Waals surface area contributed by atoms with Gasteiger partial charge in [-0.1, -0.05) is 6.07 Å². The zero-order valence-corrected chi connectivity index (χ0v) is 10.9. The van der Waals surface area contributed by atoms with Crippen LogP contribution in [0.3, 0.4) is 0 Å². The van der Waals surface area contributed by atoms with Crippen LogP contribution in [0, 0.1) is 6.92 Å². The number of aromatic hydroxyl groups is 1. The van der Waals surface area contributed by atoms with Crippen LogP contribution in [0.15, 0.2) is 18.2 Å². The lowest BCUT2D eigenvalue weighted by atomic mass is 10.1. The van der Waals surface area contributed by atoms with E-state index in [0.717, 1.165) is 6.54 Å². The fraction of sp³-hybridized carbons (Fsp3) is 0.500. The van der Waals surface area contributed by atoms with Crippen molar-refractivity contribution in [3.63, 3.8) is 0 Å². The van der Waals surface area contributed by atoms with Gasteiger partial charge >= 0.3 is 0 Å². The Kier molecular flexibility index (Phi) is 3.87. The number of amides is 1. The smallest absolute Gasteiger partial charge is 0.251 e. The Bertz CT molecular complexity index is 441. The molecule has 1 aliphatic rings. The Hall–Kier alpha value is -1.55. The first-order valence-electron chi connectivity index (χ1n) is 6.36. The molecule has 0 radical (unpaired) electrons. The fourth-order valence-corrected chi connectivity index (χ4v) is 2.01. The van der Waals surface area contributed by atoms with Crippen molar-refractivity contribution in [2.45, 2.75) is 25.8 Å². The van der Waals surface area contributed by atoms with Gasteiger partial charge in [-0.3, -0.25) is 4.79 Å². The summed E-state index contributed by atoms with van der Waals surface area (Å²) in [5.41, 5.74) is 1.18. The minimum Gasteiger partial charge on any atom is -0.508 e. The van der Waals surface area contributed by atoms with Gasteiger partial charge in [-0.2, -0.15) is 0 Å². The number of rotatable bonds is 5. The molecule has 4 heteroatoms. The van der Waals surface area contributed by atoms with Crippen molar-refractivity contribution in [1.29, 1.82) is 0 Å². The first-order valence-corrected chi connectivity index (χ1v) is 6.36. The predicted molar refractivity (Wildman–Crippen MR) is 70.8 cm³/mol. The molecule has 0 atom stereocenters. The molecule has 0 aromatic heterocycles. The molecule has 0 heterocycles. The van der Waals surface area contributed by atoms with E-state index in [1.165, 1.54) is 12.8 Å². The number of benzene rings is 1. The van der Waals surface area contributed by atoms with Crippen LogP contribution in [0.4, 0.5) is 0 Å². The number of nitrogens with one attached hydrogen (secondary N) is 1. The molecule has 0 bridgehead atoms. The fourth-order valence-electron chi connectivity index (χ4n) is 2.01. The second-order valence-corrected chi connectivity index (χ2v) is 4.92. The molecule has 0 spiro atoms. The zero-order valence-electron chi connectivity index (χ0n) is 10.9. The average molecular weight is 248 g/mol. The number of hydrogen-bond acceptors (Lipinski definition) is 3. The Labute approximate surface area is 108 Å². The van der Waals surface area contributed by atoms with E-state index >= 15 is 0 Å². The largest absolute Gasteiger partial charge is 0.508 e. The Morgan fingerprint density at radius 1 is 1.50 bits per heavy atom. The number of phenols is 1. The minimum absolute atomic E-state index is 0.118. The summed E-state index contributed by atoms with van der Waals surface area (Å²) in [5.74, 6) is 0.0466. The molecule has 2 rings (SSSR count). The highest BCUT2D eigenvalue weighted by molar-refractivity contribution is 5.96. The molecular weight excluding hydrogens is 228 g/mol. The normalized spacial score (nSPS) is 14.8. The van der Waals surface area contributed by atoms with Crippen LogP contribution in [0.5, 0.6) is 5.75 Å². The monoisotopic (exact) mass is 248 g/mol. The SMILES string of the molecule is Cc1c(O)cccc1C(=O)NCCN(C)C1CC1. The van der Waals surface area contributed by atoms with Gasteiger partial charge in [0.25, 0.3) is 5.91 Å². The average Bonchev–Trinajstić information content (AvgIpc) is 3.16. The van der Waals surface area contributed by atoms with Gasteiger partial charge in [0, 0.05) is 30.3 Å². The lowest BCUT2D eigenvalue weighted by molar-refractivity contribution is 0.0948. The Morgan fingerprint density at radius 2 is 2.22 bits per heavy atom. The minimum atomic E-state index is -0.118. The molecule has 1 saturated carbocycles. The van der Waals surface area contributed by atoms with Gasteiger partial charge in [0.1, 0.15) is 5.75 Å². The summed E-state index contributed by atoms with van der Waals surface area (Å²) in [5, 5.41) is 12.4. The summed E-state index contributed by atoms with van der Waals surface area (Å²) in [7, 11) is 2.09. The summed E-state index contributed by atoms with van der Waals surface area (Å²) >= 11 is 0. The molecule has 1 aliphatic carbocycles. The number of nitrogens with zero attached hydrogens (tertiary/aromatic N) is 1. The van der Waals surface area contributed by atoms with Crippen molar-refractivity contribution in [3.05, 3.63) is 29.3 Å². The molecule has 18 heavy (non-hydrogen) atoms. The molecule has 0 saturated heterocycles. The molecule has 0 unspecified atom stereocenters. The van der Waals surface area contributed by atoms with E-state index in [9.17, 15) is 9.90 Å². The summed E-state index contributed by atoms with van der Waals surface area (Å²) in [4.78, 5) is 14.2. The quantitative estimate of drug-likeness (QED) is 0.830. The third-order valence-electron chi connectivity index (χ3n) is 3.47. The third kappa shape index (κ3) is 3.01. The summed E-state index contributed by atoms with van der Waals surface area (Å²) in [6.45, 7) is 3.26. The van der Waals surface area contributed by atoms with E-state index in [2.05, 4.69) is 17.3 Å².